The number of pyridine rings is 1. The molecule has 0 aliphatic heterocycles. The Bertz CT molecular complexity index is 1010. The van der Waals surface area contributed by atoms with Gasteiger partial charge in [0, 0.05) is 17.4 Å². The smallest absolute Gasteiger partial charge is 0.274 e. The van der Waals surface area contributed by atoms with Crippen molar-refractivity contribution < 1.29 is 14.3 Å². The molecule has 0 radical (unpaired) electrons. The number of amides is 2. The summed E-state index contributed by atoms with van der Waals surface area (Å²) in [6, 6.07) is 17.7. The quantitative estimate of drug-likeness (QED) is 0.641. The van der Waals surface area contributed by atoms with Gasteiger partial charge in [-0.2, -0.15) is 0 Å². The first-order valence-corrected chi connectivity index (χ1v) is 9.33. The van der Waals surface area contributed by atoms with Crippen LogP contribution in [0.3, 0.4) is 0 Å². The minimum Gasteiger partial charge on any atom is -0.489 e. The SMILES string of the molecule is Cc1ccc(NC(=O)c2ccnc(C(=O)Nc3ccccc3OC(C)C)c2)cc1. The molecule has 0 unspecified atom stereocenters. The maximum absolute atomic E-state index is 12.7. The van der Waals surface area contributed by atoms with Crippen molar-refractivity contribution in [3.63, 3.8) is 0 Å². The van der Waals surface area contributed by atoms with E-state index in [0.29, 0.717) is 22.7 Å². The van der Waals surface area contributed by atoms with Gasteiger partial charge in [0.05, 0.1) is 11.8 Å². The van der Waals surface area contributed by atoms with E-state index in [0.717, 1.165) is 5.56 Å². The van der Waals surface area contributed by atoms with Crippen molar-refractivity contribution in [1.29, 1.82) is 0 Å². The highest BCUT2D eigenvalue weighted by atomic mass is 16.5. The van der Waals surface area contributed by atoms with E-state index in [1.54, 1.807) is 18.2 Å². The second kappa shape index (κ2) is 9.01. The first-order valence-electron chi connectivity index (χ1n) is 9.33. The highest BCUT2D eigenvalue weighted by Crippen LogP contribution is 2.25. The van der Waals surface area contributed by atoms with E-state index in [4.69, 9.17) is 4.74 Å². The van der Waals surface area contributed by atoms with Crippen LogP contribution in [0.2, 0.25) is 0 Å². The molecule has 0 aliphatic carbocycles. The zero-order valence-corrected chi connectivity index (χ0v) is 16.6. The van der Waals surface area contributed by atoms with Crippen molar-refractivity contribution >= 4 is 23.2 Å². The molecule has 0 aliphatic rings. The summed E-state index contributed by atoms with van der Waals surface area (Å²) in [4.78, 5) is 29.3. The Morgan fingerprint density at radius 2 is 1.66 bits per heavy atom. The van der Waals surface area contributed by atoms with Crippen molar-refractivity contribution in [3.8, 4) is 5.75 Å². The number of anilines is 2. The number of carbonyl (C=O) groups excluding carboxylic acids is 2. The number of hydrogen-bond donors (Lipinski definition) is 2. The van der Waals surface area contributed by atoms with Gasteiger partial charge in [-0.25, -0.2) is 0 Å². The molecule has 1 aromatic heterocycles. The van der Waals surface area contributed by atoms with Crippen molar-refractivity contribution in [2.75, 3.05) is 10.6 Å². The second-order valence-corrected chi connectivity index (χ2v) is 6.87. The summed E-state index contributed by atoms with van der Waals surface area (Å²) in [5.74, 6) is -0.159. The second-order valence-electron chi connectivity index (χ2n) is 6.87. The topological polar surface area (TPSA) is 80.3 Å². The number of aryl methyl sites for hydroxylation is 1. The Morgan fingerprint density at radius 3 is 2.38 bits per heavy atom. The minimum atomic E-state index is -0.421. The van der Waals surface area contributed by atoms with Gasteiger partial charge >= 0.3 is 0 Å². The van der Waals surface area contributed by atoms with Gasteiger partial charge < -0.3 is 15.4 Å². The van der Waals surface area contributed by atoms with Gasteiger partial charge in [0.1, 0.15) is 11.4 Å². The Morgan fingerprint density at radius 1 is 0.931 bits per heavy atom. The summed E-state index contributed by atoms with van der Waals surface area (Å²) < 4.78 is 5.72. The van der Waals surface area contributed by atoms with Crippen molar-refractivity contribution in [3.05, 3.63) is 83.7 Å². The van der Waals surface area contributed by atoms with E-state index in [1.807, 2.05) is 57.2 Å². The van der Waals surface area contributed by atoms with E-state index in [-0.39, 0.29) is 17.7 Å². The molecular weight excluding hydrogens is 366 g/mol. The zero-order chi connectivity index (χ0) is 20.8. The summed E-state index contributed by atoms with van der Waals surface area (Å²) in [5.41, 5.74) is 2.82. The molecule has 1 heterocycles. The summed E-state index contributed by atoms with van der Waals surface area (Å²) in [5, 5.41) is 5.61. The first kappa shape index (κ1) is 20.1. The molecule has 0 saturated heterocycles. The lowest BCUT2D eigenvalue weighted by molar-refractivity contribution is 0.102. The predicted molar refractivity (Wildman–Crippen MR) is 114 cm³/mol. The van der Waals surface area contributed by atoms with Crippen LogP contribution < -0.4 is 15.4 Å². The molecule has 6 heteroatoms. The Kier molecular flexibility index (Phi) is 6.24. The number of ether oxygens (including phenoxy) is 1. The molecule has 2 N–H and O–H groups in total. The maximum atomic E-state index is 12.7. The number of aromatic nitrogens is 1. The van der Waals surface area contributed by atoms with Gasteiger partial charge in [-0.3, -0.25) is 14.6 Å². The fraction of sp³-hybridized carbons (Fsp3) is 0.174. The molecule has 2 aromatic carbocycles. The average molecular weight is 389 g/mol. The number of nitrogens with zero attached hydrogens (tertiary/aromatic N) is 1. The number of nitrogens with one attached hydrogen (secondary N) is 2. The van der Waals surface area contributed by atoms with Crippen molar-refractivity contribution in [2.45, 2.75) is 26.9 Å². The third kappa shape index (κ3) is 5.42. The summed E-state index contributed by atoms with van der Waals surface area (Å²) >= 11 is 0. The fourth-order valence-electron chi connectivity index (χ4n) is 2.65. The van der Waals surface area contributed by atoms with E-state index in [9.17, 15) is 9.59 Å². The predicted octanol–water partition coefficient (Wildman–Crippen LogP) is 4.68. The summed E-state index contributed by atoms with van der Waals surface area (Å²) in [7, 11) is 0. The molecule has 3 aromatic rings. The molecule has 148 valence electrons. The van der Waals surface area contributed by atoms with Gasteiger partial charge in [-0.1, -0.05) is 29.8 Å². The lowest BCUT2D eigenvalue weighted by Crippen LogP contribution is -2.18. The van der Waals surface area contributed by atoms with Crippen LogP contribution in [0.25, 0.3) is 0 Å². The fourth-order valence-corrected chi connectivity index (χ4v) is 2.65. The Balaban J connectivity index is 1.74. The Hall–Kier alpha value is -3.67. The van der Waals surface area contributed by atoms with E-state index in [1.165, 1.54) is 12.3 Å². The molecule has 0 spiro atoms. The number of carbonyl (C=O) groups is 2. The molecule has 0 atom stereocenters. The summed E-state index contributed by atoms with van der Waals surface area (Å²) in [6.45, 7) is 5.80. The molecule has 29 heavy (non-hydrogen) atoms. The molecular formula is C23H23N3O3. The van der Waals surface area contributed by atoms with E-state index >= 15 is 0 Å². The zero-order valence-electron chi connectivity index (χ0n) is 16.6. The third-order valence-electron chi connectivity index (χ3n) is 4.06. The maximum Gasteiger partial charge on any atom is 0.274 e. The first-order chi connectivity index (χ1) is 13.9. The molecule has 6 nitrogen and oxygen atoms in total. The van der Waals surface area contributed by atoms with Crippen LogP contribution in [-0.4, -0.2) is 22.9 Å². The van der Waals surface area contributed by atoms with Crippen LogP contribution in [0, 0.1) is 6.92 Å². The number of hydrogen-bond acceptors (Lipinski definition) is 4. The number of rotatable bonds is 6. The molecule has 0 bridgehead atoms. The molecule has 0 fully saturated rings. The van der Waals surface area contributed by atoms with Gasteiger partial charge in [-0.05, 0) is 57.2 Å². The van der Waals surface area contributed by atoms with Gasteiger partial charge in [0.15, 0.2) is 0 Å². The van der Waals surface area contributed by atoms with Crippen molar-refractivity contribution in [2.24, 2.45) is 0 Å². The van der Waals surface area contributed by atoms with Crippen LogP contribution in [0.5, 0.6) is 5.75 Å². The normalized spacial score (nSPS) is 10.5. The highest BCUT2D eigenvalue weighted by Gasteiger charge is 2.14. The minimum absolute atomic E-state index is 0.0278. The van der Waals surface area contributed by atoms with Crippen LogP contribution in [0.1, 0.15) is 40.3 Å². The largest absolute Gasteiger partial charge is 0.489 e. The number of para-hydroxylation sites is 2. The van der Waals surface area contributed by atoms with E-state index in [2.05, 4.69) is 15.6 Å². The summed E-state index contributed by atoms with van der Waals surface area (Å²) in [6.07, 6.45) is 1.41. The van der Waals surface area contributed by atoms with Gasteiger partial charge in [-0.15, -0.1) is 0 Å². The van der Waals surface area contributed by atoms with Gasteiger partial charge in [0.25, 0.3) is 11.8 Å². The Labute approximate surface area is 169 Å². The van der Waals surface area contributed by atoms with Crippen LogP contribution >= 0.6 is 0 Å². The standard InChI is InChI=1S/C23H23N3O3/c1-15(2)29-21-7-5-4-6-19(21)26-23(28)20-14-17(12-13-24-20)22(27)25-18-10-8-16(3)9-11-18/h4-15H,1-3H3,(H,25,27)(H,26,28). The van der Waals surface area contributed by atoms with Gasteiger partial charge in [0.2, 0.25) is 0 Å². The van der Waals surface area contributed by atoms with Crippen LogP contribution in [-0.2, 0) is 0 Å². The van der Waals surface area contributed by atoms with Crippen molar-refractivity contribution in [1.82, 2.24) is 4.98 Å². The average Bonchev–Trinajstić information content (AvgIpc) is 2.71. The lowest BCUT2D eigenvalue weighted by atomic mass is 10.2. The van der Waals surface area contributed by atoms with E-state index < -0.39 is 5.91 Å². The lowest BCUT2D eigenvalue weighted by Gasteiger charge is -2.14. The van der Waals surface area contributed by atoms with Crippen LogP contribution in [0.4, 0.5) is 11.4 Å². The monoisotopic (exact) mass is 389 g/mol. The highest BCUT2D eigenvalue weighted by molar-refractivity contribution is 6.08. The molecule has 2 amide bonds. The number of benzene rings is 2. The van der Waals surface area contributed by atoms with Crippen LogP contribution in [0.15, 0.2) is 66.9 Å². The third-order valence-corrected chi connectivity index (χ3v) is 4.06. The molecule has 3 rings (SSSR count). The molecule has 0 saturated carbocycles.